The third-order valence-electron chi connectivity index (χ3n) is 3.00. The quantitative estimate of drug-likeness (QED) is 0.916. The van der Waals surface area contributed by atoms with E-state index in [1.807, 2.05) is 0 Å². The Morgan fingerprint density at radius 2 is 2.17 bits per heavy atom. The lowest BCUT2D eigenvalue weighted by Crippen LogP contribution is -2.36. The zero-order chi connectivity index (χ0) is 13.0. The Hall–Kier alpha value is -0.740. The summed E-state index contributed by atoms with van der Waals surface area (Å²) in [6.45, 7) is 0.0233. The highest BCUT2D eigenvalue weighted by Gasteiger charge is 2.17. The maximum absolute atomic E-state index is 11.7. The molecule has 2 rings (SSSR count). The minimum Gasteiger partial charge on any atom is -0.483 e. The first-order valence-electron chi connectivity index (χ1n) is 6.03. The molecule has 1 aromatic rings. The Labute approximate surface area is 120 Å². The van der Waals surface area contributed by atoms with E-state index in [1.54, 1.807) is 18.2 Å². The third kappa shape index (κ3) is 3.62. The molecular weight excluding hydrogens is 318 g/mol. The van der Waals surface area contributed by atoms with Gasteiger partial charge in [-0.1, -0.05) is 30.5 Å². The van der Waals surface area contributed by atoms with Crippen molar-refractivity contribution in [1.82, 2.24) is 5.32 Å². The van der Waals surface area contributed by atoms with Crippen molar-refractivity contribution in [2.45, 2.75) is 31.7 Å². The van der Waals surface area contributed by atoms with Crippen molar-refractivity contribution in [2.24, 2.45) is 0 Å². The maximum atomic E-state index is 11.7. The number of nitrogens with one attached hydrogen (secondary N) is 1. The van der Waals surface area contributed by atoms with E-state index in [-0.39, 0.29) is 12.5 Å². The van der Waals surface area contributed by atoms with Crippen LogP contribution in [0.25, 0.3) is 0 Å². The molecule has 0 unspecified atom stereocenters. The third-order valence-corrected chi connectivity index (χ3v) is 4.36. The number of ether oxygens (including phenoxy) is 1. The van der Waals surface area contributed by atoms with Gasteiger partial charge in [-0.05, 0) is 40.9 Å². The van der Waals surface area contributed by atoms with E-state index in [0.717, 1.165) is 12.8 Å². The van der Waals surface area contributed by atoms with E-state index < -0.39 is 0 Å². The normalized spacial score (nSPS) is 15.7. The van der Waals surface area contributed by atoms with E-state index in [1.165, 1.54) is 12.8 Å². The molecule has 98 valence electrons. The zero-order valence-corrected chi connectivity index (χ0v) is 12.3. The van der Waals surface area contributed by atoms with Gasteiger partial charge < -0.3 is 10.1 Å². The molecule has 1 aromatic carbocycles. The van der Waals surface area contributed by atoms with Crippen molar-refractivity contribution < 1.29 is 9.53 Å². The summed E-state index contributed by atoms with van der Waals surface area (Å²) in [6, 6.07) is 5.65. The number of carbonyl (C=O) groups excluding carboxylic acids is 1. The Morgan fingerprint density at radius 1 is 1.44 bits per heavy atom. The van der Waals surface area contributed by atoms with E-state index >= 15 is 0 Å². The number of benzene rings is 1. The number of hydrogen-bond acceptors (Lipinski definition) is 2. The van der Waals surface area contributed by atoms with Crippen LogP contribution in [0, 0.1) is 0 Å². The van der Waals surface area contributed by atoms with Gasteiger partial charge in [-0.2, -0.15) is 0 Å². The van der Waals surface area contributed by atoms with Crippen molar-refractivity contribution in [3.05, 3.63) is 27.7 Å². The van der Waals surface area contributed by atoms with Crippen LogP contribution in [0.15, 0.2) is 22.7 Å². The average molecular weight is 333 g/mol. The Morgan fingerprint density at radius 3 is 2.89 bits per heavy atom. The summed E-state index contributed by atoms with van der Waals surface area (Å²) < 4.78 is 6.13. The zero-order valence-electron chi connectivity index (χ0n) is 9.92. The lowest BCUT2D eigenvalue weighted by Gasteiger charge is -2.13. The van der Waals surface area contributed by atoms with Crippen molar-refractivity contribution in [3.8, 4) is 5.75 Å². The first-order valence-corrected chi connectivity index (χ1v) is 7.20. The second kappa shape index (κ2) is 6.43. The molecule has 0 radical (unpaired) electrons. The van der Waals surface area contributed by atoms with Crippen LogP contribution in [0.3, 0.4) is 0 Å². The summed E-state index contributed by atoms with van der Waals surface area (Å²) in [4.78, 5) is 11.7. The predicted molar refractivity (Wildman–Crippen MR) is 75.0 cm³/mol. The molecule has 1 amide bonds. The van der Waals surface area contributed by atoms with Crippen LogP contribution >= 0.6 is 27.5 Å². The lowest BCUT2D eigenvalue weighted by atomic mass is 10.2. The number of halogens is 2. The molecule has 0 bridgehead atoms. The van der Waals surface area contributed by atoms with Gasteiger partial charge >= 0.3 is 0 Å². The smallest absolute Gasteiger partial charge is 0.258 e. The van der Waals surface area contributed by atoms with Crippen LogP contribution in [0.1, 0.15) is 25.7 Å². The van der Waals surface area contributed by atoms with Gasteiger partial charge in [0.25, 0.3) is 5.91 Å². The monoisotopic (exact) mass is 331 g/mol. The largest absolute Gasteiger partial charge is 0.483 e. The molecule has 3 nitrogen and oxygen atoms in total. The van der Waals surface area contributed by atoms with E-state index in [0.29, 0.717) is 21.3 Å². The summed E-state index contributed by atoms with van der Waals surface area (Å²) in [6.07, 6.45) is 4.55. The van der Waals surface area contributed by atoms with Crippen molar-refractivity contribution in [3.63, 3.8) is 0 Å². The fraction of sp³-hybridized carbons (Fsp3) is 0.462. The van der Waals surface area contributed by atoms with Gasteiger partial charge in [0.05, 0.1) is 9.50 Å². The van der Waals surface area contributed by atoms with Gasteiger partial charge in [-0.25, -0.2) is 0 Å². The van der Waals surface area contributed by atoms with Crippen molar-refractivity contribution >= 4 is 33.4 Å². The Bertz CT molecular complexity index is 433. The maximum Gasteiger partial charge on any atom is 0.258 e. The molecule has 1 fully saturated rings. The second-order valence-corrected chi connectivity index (χ2v) is 5.59. The van der Waals surface area contributed by atoms with Gasteiger partial charge in [0.1, 0.15) is 5.75 Å². The molecule has 0 saturated heterocycles. The molecule has 0 aliphatic heterocycles. The summed E-state index contributed by atoms with van der Waals surface area (Å²) in [5.41, 5.74) is 0. The molecule has 1 saturated carbocycles. The van der Waals surface area contributed by atoms with Crippen LogP contribution in [-0.2, 0) is 4.79 Å². The Kier molecular flexibility index (Phi) is 4.89. The standard InChI is InChI=1S/C13H15BrClNO2/c14-13-10(15)6-3-7-11(13)18-8-12(17)16-9-4-1-2-5-9/h3,6-7,9H,1-2,4-5,8H2,(H,16,17). The minimum atomic E-state index is -0.0752. The molecule has 1 N–H and O–H groups in total. The fourth-order valence-electron chi connectivity index (χ4n) is 2.08. The van der Waals surface area contributed by atoms with Crippen molar-refractivity contribution in [2.75, 3.05) is 6.61 Å². The number of amides is 1. The number of rotatable bonds is 4. The molecule has 1 aliphatic rings. The number of carbonyl (C=O) groups is 1. The highest BCUT2D eigenvalue weighted by Crippen LogP contribution is 2.31. The molecule has 0 aromatic heterocycles. The molecule has 18 heavy (non-hydrogen) atoms. The lowest BCUT2D eigenvalue weighted by molar-refractivity contribution is -0.123. The number of hydrogen-bond donors (Lipinski definition) is 1. The molecule has 0 spiro atoms. The van der Waals surface area contributed by atoms with Crippen LogP contribution < -0.4 is 10.1 Å². The molecule has 1 aliphatic carbocycles. The first kappa shape index (κ1) is 13.7. The Balaban J connectivity index is 1.83. The summed E-state index contributed by atoms with van der Waals surface area (Å²) in [5, 5.41) is 3.54. The van der Waals surface area contributed by atoms with Crippen LogP contribution in [0.5, 0.6) is 5.75 Å². The second-order valence-electron chi connectivity index (χ2n) is 4.39. The van der Waals surface area contributed by atoms with Gasteiger partial charge in [0.2, 0.25) is 0 Å². The topological polar surface area (TPSA) is 38.3 Å². The summed E-state index contributed by atoms with van der Waals surface area (Å²) in [5.74, 6) is 0.512. The van der Waals surface area contributed by atoms with Crippen LogP contribution in [-0.4, -0.2) is 18.6 Å². The molecule has 0 heterocycles. The fourth-order valence-corrected chi connectivity index (χ4v) is 2.62. The molecular formula is C13H15BrClNO2. The van der Waals surface area contributed by atoms with Gasteiger partial charge in [-0.15, -0.1) is 0 Å². The van der Waals surface area contributed by atoms with Gasteiger partial charge in [0, 0.05) is 6.04 Å². The average Bonchev–Trinajstić information content (AvgIpc) is 2.84. The summed E-state index contributed by atoms with van der Waals surface area (Å²) in [7, 11) is 0. The van der Waals surface area contributed by atoms with E-state index in [4.69, 9.17) is 16.3 Å². The SMILES string of the molecule is O=C(COc1cccc(Cl)c1Br)NC1CCCC1. The van der Waals surface area contributed by atoms with E-state index in [2.05, 4.69) is 21.2 Å². The van der Waals surface area contributed by atoms with Gasteiger partial charge in [-0.3, -0.25) is 4.79 Å². The van der Waals surface area contributed by atoms with E-state index in [9.17, 15) is 4.79 Å². The highest BCUT2D eigenvalue weighted by atomic mass is 79.9. The molecule has 0 atom stereocenters. The molecule has 5 heteroatoms. The van der Waals surface area contributed by atoms with Crippen molar-refractivity contribution in [1.29, 1.82) is 0 Å². The summed E-state index contributed by atoms with van der Waals surface area (Å²) >= 11 is 9.27. The van der Waals surface area contributed by atoms with Crippen LogP contribution in [0.4, 0.5) is 0 Å². The van der Waals surface area contributed by atoms with Crippen LogP contribution in [0.2, 0.25) is 5.02 Å². The van der Waals surface area contributed by atoms with Gasteiger partial charge in [0.15, 0.2) is 6.61 Å². The first-order chi connectivity index (χ1) is 8.66. The minimum absolute atomic E-state index is 0.0233. The highest BCUT2D eigenvalue weighted by molar-refractivity contribution is 9.10. The predicted octanol–water partition coefficient (Wildman–Crippen LogP) is 3.54.